The average molecular weight is 553 g/mol. The van der Waals surface area contributed by atoms with Crippen molar-refractivity contribution in [3.05, 3.63) is 46.2 Å². The Morgan fingerprint density at radius 1 is 1.31 bits per heavy atom. The molecule has 1 aromatic carbocycles. The summed E-state index contributed by atoms with van der Waals surface area (Å²) in [5.74, 6) is 0.541. The van der Waals surface area contributed by atoms with Crippen LogP contribution < -0.4 is 5.32 Å². The lowest BCUT2D eigenvalue weighted by Gasteiger charge is -2.30. The Morgan fingerprint density at radius 2 is 2.08 bits per heavy atom. The molecule has 1 unspecified atom stereocenters. The molecule has 9 nitrogen and oxygen atoms in total. The highest BCUT2D eigenvalue weighted by Crippen LogP contribution is 2.39. The third kappa shape index (κ3) is 5.61. The van der Waals surface area contributed by atoms with Gasteiger partial charge in [-0.15, -0.1) is 0 Å². The maximum Gasteiger partial charge on any atom is 0.323 e. The Labute approximate surface area is 233 Å². The Balaban J connectivity index is 1.38. The Hall–Kier alpha value is -3.17. The lowest BCUT2D eigenvalue weighted by molar-refractivity contribution is -0.157. The number of fused-ring (bicyclic) bond motifs is 2. The fourth-order valence-corrected chi connectivity index (χ4v) is 5.35. The highest BCUT2D eigenvalue weighted by atomic mass is 35.5. The maximum absolute atomic E-state index is 12.3. The molecule has 0 fully saturated rings. The van der Waals surface area contributed by atoms with Crippen LogP contribution in [0.3, 0.4) is 0 Å². The second-order valence-corrected chi connectivity index (χ2v) is 12.6. The number of halogens is 1. The number of aryl methyl sites for hydroxylation is 1. The van der Waals surface area contributed by atoms with Crippen LogP contribution in [0.2, 0.25) is 5.02 Å². The van der Waals surface area contributed by atoms with E-state index >= 15 is 0 Å². The standard InChI is InChI=1S/C29H37ClN6O3/c1-8-36-23-14-29(6,7)12-11-19(23)24(33-36)25-32-27(34-39-25)35-16-21(30)20-13-18(9-10-22(20)35)15-31-17(2)26(37)38-28(3,4)5/h9-10,13,16-17,31H,8,11-12,14-15H2,1-7H3. The third-order valence-corrected chi connectivity index (χ3v) is 7.49. The second-order valence-electron chi connectivity index (χ2n) is 12.2. The normalized spacial score (nSPS) is 15.9. The highest BCUT2D eigenvalue weighted by molar-refractivity contribution is 6.35. The van der Waals surface area contributed by atoms with E-state index in [1.54, 1.807) is 13.1 Å². The van der Waals surface area contributed by atoms with Crippen LogP contribution in [-0.2, 0) is 35.5 Å². The number of esters is 1. The van der Waals surface area contributed by atoms with E-state index in [0.29, 0.717) is 23.4 Å². The Bertz CT molecular complexity index is 1520. The van der Waals surface area contributed by atoms with Crippen LogP contribution in [0.5, 0.6) is 0 Å². The van der Waals surface area contributed by atoms with Crippen molar-refractivity contribution in [1.29, 1.82) is 0 Å². The molecule has 0 amide bonds. The summed E-state index contributed by atoms with van der Waals surface area (Å²) < 4.78 is 15.1. The first-order valence-electron chi connectivity index (χ1n) is 13.5. The first-order chi connectivity index (χ1) is 18.3. The number of ether oxygens (including phenoxy) is 1. The quantitative estimate of drug-likeness (QED) is 0.285. The molecule has 3 heterocycles. The molecular formula is C29H37ClN6O3. The zero-order valence-electron chi connectivity index (χ0n) is 23.8. The predicted molar refractivity (Wildman–Crippen MR) is 151 cm³/mol. The van der Waals surface area contributed by atoms with Gasteiger partial charge >= 0.3 is 5.97 Å². The van der Waals surface area contributed by atoms with E-state index in [9.17, 15) is 4.79 Å². The van der Waals surface area contributed by atoms with Crippen LogP contribution in [-0.4, -0.2) is 42.1 Å². The summed E-state index contributed by atoms with van der Waals surface area (Å²) in [4.78, 5) is 17.0. The Kier molecular flexibility index (Phi) is 7.09. The van der Waals surface area contributed by atoms with Crippen LogP contribution in [0.1, 0.15) is 71.7 Å². The van der Waals surface area contributed by atoms with Gasteiger partial charge in [-0.05, 0) is 82.1 Å². The number of aromatic nitrogens is 5. The summed E-state index contributed by atoms with van der Waals surface area (Å²) in [5, 5.41) is 13.8. The van der Waals surface area contributed by atoms with Gasteiger partial charge in [-0.3, -0.25) is 14.0 Å². The molecule has 39 heavy (non-hydrogen) atoms. The van der Waals surface area contributed by atoms with Crippen LogP contribution in [0, 0.1) is 5.41 Å². The molecule has 0 spiro atoms. The van der Waals surface area contributed by atoms with E-state index in [1.807, 2.05) is 43.5 Å². The molecule has 5 rings (SSSR count). The molecule has 1 aliphatic carbocycles. The van der Waals surface area contributed by atoms with Gasteiger partial charge < -0.3 is 14.6 Å². The lowest BCUT2D eigenvalue weighted by Crippen LogP contribution is -2.38. The van der Waals surface area contributed by atoms with Crippen molar-refractivity contribution in [2.45, 2.75) is 92.5 Å². The fourth-order valence-electron chi connectivity index (χ4n) is 5.10. The summed E-state index contributed by atoms with van der Waals surface area (Å²) in [6, 6.07) is 5.53. The highest BCUT2D eigenvalue weighted by Gasteiger charge is 2.32. The molecule has 0 aliphatic heterocycles. The molecule has 1 atom stereocenters. The number of nitrogens with one attached hydrogen (secondary N) is 1. The van der Waals surface area contributed by atoms with Crippen molar-refractivity contribution in [3.8, 4) is 17.5 Å². The fraction of sp³-hybridized carbons (Fsp3) is 0.517. The van der Waals surface area contributed by atoms with Gasteiger partial charge in [0.25, 0.3) is 11.8 Å². The van der Waals surface area contributed by atoms with Crippen molar-refractivity contribution in [2.24, 2.45) is 5.41 Å². The number of carbonyl (C=O) groups is 1. The van der Waals surface area contributed by atoms with Gasteiger partial charge in [-0.1, -0.05) is 31.5 Å². The number of nitrogens with zero attached hydrogens (tertiary/aromatic N) is 5. The number of benzene rings is 1. The van der Waals surface area contributed by atoms with Gasteiger partial charge in [0.1, 0.15) is 11.6 Å². The van der Waals surface area contributed by atoms with Crippen molar-refractivity contribution in [2.75, 3.05) is 0 Å². The number of carbonyl (C=O) groups excluding carboxylic acids is 1. The largest absolute Gasteiger partial charge is 0.459 e. The van der Waals surface area contributed by atoms with Crippen molar-refractivity contribution < 1.29 is 14.1 Å². The van der Waals surface area contributed by atoms with E-state index in [4.69, 9.17) is 30.9 Å². The van der Waals surface area contributed by atoms with E-state index in [2.05, 4.69) is 35.9 Å². The molecule has 1 aliphatic rings. The van der Waals surface area contributed by atoms with Gasteiger partial charge in [-0.2, -0.15) is 10.1 Å². The van der Waals surface area contributed by atoms with Gasteiger partial charge in [0.2, 0.25) is 0 Å². The summed E-state index contributed by atoms with van der Waals surface area (Å²) >= 11 is 6.64. The minimum Gasteiger partial charge on any atom is -0.459 e. The average Bonchev–Trinajstić information content (AvgIpc) is 3.56. The summed E-state index contributed by atoms with van der Waals surface area (Å²) in [7, 11) is 0. The minimum absolute atomic E-state index is 0.250. The molecule has 4 aromatic rings. The molecule has 1 N–H and O–H groups in total. The summed E-state index contributed by atoms with van der Waals surface area (Å²) in [6.45, 7) is 15.4. The Morgan fingerprint density at radius 3 is 2.79 bits per heavy atom. The van der Waals surface area contributed by atoms with Gasteiger partial charge in [-0.25, -0.2) is 0 Å². The summed E-state index contributed by atoms with van der Waals surface area (Å²) in [5.41, 5.74) is 4.82. The summed E-state index contributed by atoms with van der Waals surface area (Å²) in [6.07, 6.45) is 4.81. The van der Waals surface area contributed by atoms with Gasteiger partial charge in [0.05, 0.1) is 10.5 Å². The molecule has 0 bridgehead atoms. The number of hydrogen-bond donors (Lipinski definition) is 1. The molecule has 0 radical (unpaired) electrons. The van der Waals surface area contributed by atoms with E-state index in [0.717, 1.165) is 48.0 Å². The van der Waals surface area contributed by atoms with Crippen molar-refractivity contribution >= 4 is 28.5 Å². The van der Waals surface area contributed by atoms with Crippen LogP contribution in [0.15, 0.2) is 28.9 Å². The maximum atomic E-state index is 12.3. The van der Waals surface area contributed by atoms with Crippen LogP contribution in [0.4, 0.5) is 0 Å². The molecule has 0 saturated carbocycles. The van der Waals surface area contributed by atoms with Crippen molar-refractivity contribution in [3.63, 3.8) is 0 Å². The SMILES string of the molecule is CCn1nc(-c2nc(-n3cc(Cl)c4cc(CNC(C)C(=O)OC(C)(C)C)ccc43)no2)c2c1CC(C)(C)CC2. The smallest absolute Gasteiger partial charge is 0.323 e. The molecule has 10 heteroatoms. The number of rotatable bonds is 7. The third-order valence-electron chi connectivity index (χ3n) is 7.19. The molecule has 208 valence electrons. The second kappa shape index (κ2) is 10.1. The van der Waals surface area contributed by atoms with Gasteiger partial charge in [0.15, 0.2) is 5.69 Å². The minimum atomic E-state index is -0.524. The zero-order chi connectivity index (χ0) is 28.1. The number of hydrogen-bond acceptors (Lipinski definition) is 7. The molecular weight excluding hydrogens is 516 g/mol. The van der Waals surface area contributed by atoms with E-state index in [-0.39, 0.29) is 11.4 Å². The predicted octanol–water partition coefficient (Wildman–Crippen LogP) is 5.89. The van der Waals surface area contributed by atoms with E-state index < -0.39 is 11.6 Å². The van der Waals surface area contributed by atoms with E-state index in [1.165, 1.54) is 11.3 Å². The first-order valence-corrected chi connectivity index (χ1v) is 13.9. The molecule has 3 aromatic heterocycles. The molecule has 0 saturated heterocycles. The van der Waals surface area contributed by atoms with Crippen LogP contribution in [0.25, 0.3) is 28.4 Å². The lowest BCUT2D eigenvalue weighted by atomic mass is 9.76. The first kappa shape index (κ1) is 27.4. The van der Waals surface area contributed by atoms with Crippen molar-refractivity contribution in [1.82, 2.24) is 29.8 Å². The van der Waals surface area contributed by atoms with Crippen LogP contribution >= 0.6 is 11.6 Å². The monoisotopic (exact) mass is 552 g/mol. The van der Waals surface area contributed by atoms with Gasteiger partial charge in [0, 0.05) is 35.9 Å². The topological polar surface area (TPSA) is 100 Å². The zero-order valence-corrected chi connectivity index (χ0v) is 24.5.